The van der Waals surface area contributed by atoms with E-state index in [1.54, 1.807) is 33.3 Å². The molecule has 9 heteroatoms. The van der Waals surface area contributed by atoms with E-state index < -0.39 is 10.0 Å². The third-order valence-electron chi connectivity index (χ3n) is 4.29. The van der Waals surface area contributed by atoms with Gasteiger partial charge in [-0.15, -0.1) is 0 Å². The van der Waals surface area contributed by atoms with Crippen LogP contribution >= 0.6 is 0 Å². The van der Waals surface area contributed by atoms with Crippen molar-refractivity contribution in [2.24, 2.45) is 4.99 Å². The lowest BCUT2D eigenvalue weighted by molar-refractivity contribution is 0.0827. The molecule has 2 aromatic carbocycles. The normalized spacial score (nSPS) is 11.8. The van der Waals surface area contributed by atoms with Gasteiger partial charge < -0.3 is 15.5 Å². The Balaban J connectivity index is 1.76. The van der Waals surface area contributed by atoms with Gasteiger partial charge in [-0.05, 0) is 23.3 Å². The van der Waals surface area contributed by atoms with Gasteiger partial charge in [-0.2, -0.15) is 0 Å². The summed E-state index contributed by atoms with van der Waals surface area (Å²) in [5.74, 6) is 0.387. The molecule has 0 bridgehead atoms. The number of amides is 1. The molecule has 0 fully saturated rings. The molecule has 3 N–H and O–H groups in total. The number of sulfonamides is 1. The molecule has 1 amide bonds. The van der Waals surface area contributed by atoms with Crippen molar-refractivity contribution in [3.05, 3.63) is 71.3 Å². The van der Waals surface area contributed by atoms with Gasteiger partial charge in [0.15, 0.2) is 5.96 Å². The highest BCUT2D eigenvalue weighted by Gasteiger charge is 2.10. The monoisotopic (exact) mass is 431 g/mol. The molecule has 0 radical (unpaired) electrons. The summed E-state index contributed by atoms with van der Waals surface area (Å²) < 4.78 is 26.9. The third kappa shape index (κ3) is 7.84. The van der Waals surface area contributed by atoms with Crippen LogP contribution in [0.15, 0.2) is 59.6 Å². The van der Waals surface area contributed by atoms with E-state index >= 15 is 0 Å². The highest BCUT2D eigenvalue weighted by molar-refractivity contribution is 7.89. The van der Waals surface area contributed by atoms with Crippen LogP contribution in [-0.4, -0.2) is 58.6 Å². The van der Waals surface area contributed by atoms with Gasteiger partial charge in [0.2, 0.25) is 10.0 Å². The molecule has 2 aromatic rings. The highest BCUT2D eigenvalue weighted by Crippen LogP contribution is 2.06. The quantitative estimate of drug-likeness (QED) is 0.409. The molecule has 0 saturated carbocycles. The number of rotatable bonds is 9. The Labute approximate surface area is 178 Å². The van der Waals surface area contributed by atoms with E-state index in [4.69, 9.17) is 0 Å². The number of guanidine groups is 1. The van der Waals surface area contributed by atoms with Gasteiger partial charge in [-0.3, -0.25) is 9.79 Å². The van der Waals surface area contributed by atoms with Crippen LogP contribution in [-0.2, 0) is 23.1 Å². The Kier molecular flexibility index (Phi) is 8.82. The molecule has 0 spiro atoms. The van der Waals surface area contributed by atoms with E-state index in [1.165, 1.54) is 4.90 Å². The van der Waals surface area contributed by atoms with Crippen molar-refractivity contribution in [1.82, 2.24) is 20.3 Å². The van der Waals surface area contributed by atoms with Crippen molar-refractivity contribution in [3.8, 4) is 0 Å². The maximum atomic E-state index is 12.1. The van der Waals surface area contributed by atoms with E-state index in [-0.39, 0.29) is 24.7 Å². The second-order valence-electron chi connectivity index (χ2n) is 6.87. The summed E-state index contributed by atoms with van der Waals surface area (Å²) in [6.45, 7) is 0.984. The van der Waals surface area contributed by atoms with Crippen LogP contribution in [0.25, 0.3) is 0 Å². The Morgan fingerprint density at radius 3 is 2.17 bits per heavy atom. The number of hydrogen-bond donors (Lipinski definition) is 3. The largest absolute Gasteiger partial charge is 0.355 e. The van der Waals surface area contributed by atoms with E-state index in [2.05, 4.69) is 20.3 Å². The summed E-state index contributed by atoms with van der Waals surface area (Å²) in [7, 11) is 1.65. The van der Waals surface area contributed by atoms with Gasteiger partial charge in [0.1, 0.15) is 0 Å². The number of carbonyl (C=O) groups is 1. The number of nitrogens with zero attached hydrogens (tertiary/aromatic N) is 2. The molecule has 0 heterocycles. The van der Waals surface area contributed by atoms with Crippen LogP contribution < -0.4 is 15.4 Å². The first-order valence-electron chi connectivity index (χ1n) is 9.57. The molecule has 162 valence electrons. The van der Waals surface area contributed by atoms with Gasteiger partial charge >= 0.3 is 0 Å². The molecular formula is C21H29N5O3S. The second-order valence-corrected chi connectivity index (χ2v) is 8.80. The topological polar surface area (TPSA) is 103 Å². The van der Waals surface area contributed by atoms with Crippen LogP contribution in [0.3, 0.4) is 0 Å². The average Bonchev–Trinajstić information content (AvgIpc) is 2.75. The number of hydrogen-bond acceptors (Lipinski definition) is 4. The van der Waals surface area contributed by atoms with Crippen LogP contribution in [0.2, 0.25) is 0 Å². The molecular weight excluding hydrogens is 402 g/mol. The van der Waals surface area contributed by atoms with Crippen molar-refractivity contribution < 1.29 is 13.2 Å². The maximum Gasteiger partial charge on any atom is 0.253 e. The van der Waals surface area contributed by atoms with E-state index in [0.29, 0.717) is 18.1 Å². The summed E-state index contributed by atoms with van der Waals surface area (Å²) in [6.07, 6.45) is 0. The molecule has 0 aromatic heterocycles. The molecule has 0 saturated heterocycles. The zero-order valence-corrected chi connectivity index (χ0v) is 18.4. The first-order valence-corrected chi connectivity index (χ1v) is 11.2. The second kappa shape index (κ2) is 11.3. The molecule has 0 unspecified atom stereocenters. The SMILES string of the molecule is CN=C(NCCS(=O)(=O)NCc1ccccc1)NCc1ccc(C(=O)N(C)C)cc1. The smallest absolute Gasteiger partial charge is 0.253 e. The van der Waals surface area contributed by atoms with Gasteiger partial charge in [-0.25, -0.2) is 13.1 Å². The number of nitrogens with one attached hydrogen (secondary N) is 3. The van der Waals surface area contributed by atoms with E-state index in [0.717, 1.165) is 11.1 Å². The standard InChI is InChI=1S/C21H29N5O3S/c1-22-21(24-15-18-9-11-19(12-10-18)20(27)26(2)3)23-13-14-30(28,29)25-16-17-7-5-4-6-8-17/h4-12,25H,13-16H2,1-3H3,(H2,22,23,24). The van der Waals surface area contributed by atoms with Crippen LogP contribution in [0, 0.1) is 0 Å². The molecule has 0 aliphatic heterocycles. The lowest BCUT2D eigenvalue weighted by Crippen LogP contribution is -2.40. The number of benzene rings is 2. The van der Waals surface area contributed by atoms with Crippen molar-refractivity contribution in [2.75, 3.05) is 33.4 Å². The predicted molar refractivity (Wildman–Crippen MR) is 120 cm³/mol. The van der Waals surface area contributed by atoms with Crippen LogP contribution in [0.1, 0.15) is 21.5 Å². The fraction of sp³-hybridized carbons (Fsp3) is 0.333. The summed E-state index contributed by atoms with van der Waals surface area (Å²) >= 11 is 0. The van der Waals surface area contributed by atoms with E-state index in [1.807, 2.05) is 42.5 Å². The zero-order chi connectivity index (χ0) is 22.0. The van der Waals surface area contributed by atoms with Crippen LogP contribution in [0.5, 0.6) is 0 Å². The van der Waals surface area contributed by atoms with Crippen LogP contribution in [0.4, 0.5) is 0 Å². The highest BCUT2D eigenvalue weighted by atomic mass is 32.2. The number of carbonyl (C=O) groups excluding carboxylic acids is 1. The van der Waals surface area contributed by atoms with Gasteiger partial charge in [-0.1, -0.05) is 42.5 Å². The minimum atomic E-state index is -3.40. The lowest BCUT2D eigenvalue weighted by atomic mass is 10.1. The van der Waals surface area contributed by atoms with E-state index in [9.17, 15) is 13.2 Å². The summed E-state index contributed by atoms with van der Waals surface area (Å²) in [4.78, 5) is 17.6. The zero-order valence-electron chi connectivity index (χ0n) is 17.6. The summed E-state index contributed by atoms with van der Waals surface area (Å²) in [5, 5.41) is 6.13. The predicted octanol–water partition coefficient (Wildman–Crippen LogP) is 1.17. The Morgan fingerprint density at radius 2 is 1.57 bits per heavy atom. The first-order chi connectivity index (χ1) is 14.3. The number of aliphatic imine (C=N–C) groups is 1. The molecule has 0 aliphatic rings. The fourth-order valence-electron chi connectivity index (χ4n) is 2.59. The molecule has 8 nitrogen and oxygen atoms in total. The van der Waals surface area contributed by atoms with Crippen molar-refractivity contribution in [3.63, 3.8) is 0 Å². The molecule has 0 aliphatic carbocycles. The Hall–Kier alpha value is -2.91. The maximum absolute atomic E-state index is 12.1. The van der Waals surface area contributed by atoms with Crippen molar-refractivity contribution in [1.29, 1.82) is 0 Å². The van der Waals surface area contributed by atoms with Crippen molar-refractivity contribution >= 4 is 21.9 Å². The van der Waals surface area contributed by atoms with Gasteiger partial charge in [0, 0.05) is 46.3 Å². The minimum Gasteiger partial charge on any atom is -0.355 e. The first kappa shape index (κ1) is 23.4. The summed E-state index contributed by atoms with van der Waals surface area (Å²) in [6, 6.07) is 16.7. The Bertz CT molecular complexity index is 942. The minimum absolute atomic E-state index is 0.0472. The summed E-state index contributed by atoms with van der Waals surface area (Å²) in [5.41, 5.74) is 2.51. The Morgan fingerprint density at radius 1 is 0.933 bits per heavy atom. The molecule has 30 heavy (non-hydrogen) atoms. The lowest BCUT2D eigenvalue weighted by Gasteiger charge is -2.13. The van der Waals surface area contributed by atoms with Gasteiger partial charge in [0.05, 0.1) is 5.75 Å². The molecule has 2 rings (SSSR count). The van der Waals surface area contributed by atoms with Gasteiger partial charge in [0.25, 0.3) is 5.91 Å². The van der Waals surface area contributed by atoms with Crippen molar-refractivity contribution in [2.45, 2.75) is 13.1 Å². The average molecular weight is 432 g/mol. The molecule has 0 atom stereocenters. The third-order valence-corrected chi connectivity index (χ3v) is 5.62. The fourth-order valence-corrected chi connectivity index (χ4v) is 3.50.